The van der Waals surface area contributed by atoms with Crippen LogP contribution in [0.3, 0.4) is 0 Å². The summed E-state index contributed by atoms with van der Waals surface area (Å²) < 4.78 is 10.9. The summed E-state index contributed by atoms with van der Waals surface area (Å²) in [6.45, 7) is 2.79. The summed E-state index contributed by atoms with van der Waals surface area (Å²) in [5, 5.41) is 15.1. The second-order valence-corrected chi connectivity index (χ2v) is 6.50. The van der Waals surface area contributed by atoms with Crippen LogP contribution in [0.25, 0.3) is 0 Å². The average molecular weight is 393 g/mol. The Morgan fingerprint density at radius 1 is 1.21 bits per heavy atom. The van der Waals surface area contributed by atoms with Gasteiger partial charge in [0.15, 0.2) is 11.5 Å². The highest BCUT2D eigenvalue weighted by molar-refractivity contribution is 5.95. The van der Waals surface area contributed by atoms with Gasteiger partial charge in [-0.05, 0) is 24.6 Å². The fourth-order valence-electron chi connectivity index (χ4n) is 2.86. The summed E-state index contributed by atoms with van der Waals surface area (Å²) in [4.78, 5) is 35.2. The van der Waals surface area contributed by atoms with Gasteiger partial charge in [0.25, 0.3) is 5.91 Å². The van der Waals surface area contributed by atoms with Crippen molar-refractivity contribution in [1.29, 1.82) is 0 Å². The molecular formula is C19H27N3O6. The van der Waals surface area contributed by atoms with Crippen molar-refractivity contribution in [2.75, 3.05) is 26.4 Å². The number of hydrogen-bond acceptors (Lipinski definition) is 6. The molecule has 1 aromatic rings. The van der Waals surface area contributed by atoms with Crippen molar-refractivity contribution in [2.45, 2.75) is 32.6 Å². The zero-order valence-corrected chi connectivity index (χ0v) is 16.0. The smallest absolute Gasteiger partial charge is 0.252 e. The molecule has 9 heteroatoms. The Kier molecular flexibility index (Phi) is 8.54. The molecule has 1 aliphatic rings. The number of carbonyl (C=O) groups is 3. The molecule has 28 heavy (non-hydrogen) atoms. The third-order valence-corrected chi connectivity index (χ3v) is 4.37. The molecule has 0 saturated carbocycles. The lowest BCUT2D eigenvalue weighted by atomic mass is 10.0. The molecule has 154 valence electrons. The summed E-state index contributed by atoms with van der Waals surface area (Å²) in [5.74, 6) is -0.144. The van der Waals surface area contributed by atoms with E-state index in [1.165, 1.54) is 0 Å². The molecule has 3 amide bonds. The number of ether oxygens (including phenoxy) is 2. The van der Waals surface area contributed by atoms with Crippen molar-refractivity contribution in [3.8, 4) is 11.5 Å². The van der Waals surface area contributed by atoms with Crippen LogP contribution in [-0.2, 0) is 9.59 Å². The number of amides is 3. The number of fused-ring (bicyclic) bond motifs is 1. The fourth-order valence-corrected chi connectivity index (χ4v) is 2.86. The maximum atomic E-state index is 12.3. The van der Waals surface area contributed by atoms with Gasteiger partial charge in [0.1, 0.15) is 13.2 Å². The molecular weight excluding hydrogens is 366 g/mol. The van der Waals surface area contributed by atoms with E-state index in [0.29, 0.717) is 41.8 Å². The Labute approximate surface area is 163 Å². The van der Waals surface area contributed by atoms with Crippen LogP contribution in [0.1, 0.15) is 43.0 Å². The molecule has 0 bridgehead atoms. The molecule has 0 spiro atoms. The first kappa shape index (κ1) is 21.5. The number of benzene rings is 1. The molecule has 9 nitrogen and oxygen atoms in total. The van der Waals surface area contributed by atoms with Gasteiger partial charge in [-0.2, -0.15) is 0 Å². The third kappa shape index (κ3) is 6.41. The largest absolute Gasteiger partial charge is 0.486 e. The molecule has 1 atom stereocenters. The zero-order valence-electron chi connectivity index (χ0n) is 16.0. The van der Waals surface area contributed by atoms with Gasteiger partial charge in [0.05, 0.1) is 19.1 Å². The van der Waals surface area contributed by atoms with Crippen LogP contribution in [0.15, 0.2) is 18.2 Å². The lowest BCUT2D eigenvalue weighted by Gasteiger charge is -2.20. The van der Waals surface area contributed by atoms with Crippen molar-refractivity contribution in [3.05, 3.63) is 23.8 Å². The van der Waals surface area contributed by atoms with Gasteiger partial charge < -0.3 is 20.1 Å². The quantitative estimate of drug-likeness (QED) is 0.172. The van der Waals surface area contributed by atoms with Crippen LogP contribution in [-0.4, -0.2) is 54.9 Å². The SMILES string of the molecule is CCCCC[C@@H](CN(O)C=O)C(=O)NCNC(=O)c1ccc2c(c1)OCCO2. The Bertz CT molecular complexity index is 682. The van der Waals surface area contributed by atoms with E-state index in [-0.39, 0.29) is 31.4 Å². The molecule has 0 saturated heterocycles. The van der Waals surface area contributed by atoms with Crippen molar-refractivity contribution < 1.29 is 29.1 Å². The summed E-state index contributed by atoms with van der Waals surface area (Å²) in [6, 6.07) is 4.87. The molecule has 1 aromatic carbocycles. The molecule has 2 rings (SSSR count). The predicted octanol–water partition coefficient (Wildman–Crippen LogP) is 1.31. The van der Waals surface area contributed by atoms with Crippen molar-refractivity contribution in [1.82, 2.24) is 15.7 Å². The first-order valence-corrected chi connectivity index (χ1v) is 9.41. The second kappa shape index (κ2) is 11.1. The van der Waals surface area contributed by atoms with E-state index in [1.807, 2.05) is 6.92 Å². The molecule has 1 heterocycles. The number of nitrogens with zero attached hydrogens (tertiary/aromatic N) is 1. The molecule has 3 N–H and O–H groups in total. The average Bonchev–Trinajstić information content (AvgIpc) is 2.72. The van der Waals surface area contributed by atoms with E-state index < -0.39 is 5.92 Å². The standard InChI is InChI=1S/C19H27N3O6/c1-2-3-4-5-15(11-22(26)13-23)19(25)21-12-20-18(24)14-6-7-16-17(10-14)28-9-8-27-16/h6-7,10,13,15,26H,2-5,8-9,11-12H2,1H3,(H,20,24)(H,21,25)/t15-/m0/s1. The van der Waals surface area contributed by atoms with Crippen LogP contribution < -0.4 is 20.1 Å². The Morgan fingerprint density at radius 2 is 1.96 bits per heavy atom. The monoisotopic (exact) mass is 393 g/mol. The van der Waals surface area contributed by atoms with E-state index in [0.717, 1.165) is 19.3 Å². The van der Waals surface area contributed by atoms with Gasteiger partial charge in [-0.25, -0.2) is 5.06 Å². The van der Waals surface area contributed by atoms with Crippen LogP contribution in [0, 0.1) is 5.92 Å². The third-order valence-electron chi connectivity index (χ3n) is 4.37. The molecule has 0 unspecified atom stereocenters. The highest BCUT2D eigenvalue weighted by atomic mass is 16.6. The second-order valence-electron chi connectivity index (χ2n) is 6.50. The van der Waals surface area contributed by atoms with Gasteiger partial charge in [0, 0.05) is 5.56 Å². The normalized spacial score (nSPS) is 13.4. The lowest BCUT2D eigenvalue weighted by molar-refractivity contribution is -0.154. The number of rotatable bonds is 11. The Hall–Kier alpha value is -2.81. The molecule has 0 fully saturated rings. The number of unbranched alkanes of at least 4 members (excludes halogenated alkanes) is 2. The van der Waals surface area contributed by atoms with Gasteiger partial charge >= 0.3 is 0 Å². The Balaban J connectivity index is 1.84. The number of hydroxylamine groups is 2. The van der Waals surface area contributed by atoms with Crippen LogP contribution in [0.4, 0.5) is 0 Å². The minimum atomic E-state index is -0.548. The Morgan fingerprint density at radius 3 is 2.68 bits per heavy atom. The first-order chi connectivity index (χ1) is 13.5. The lowest BCUT2D eigenvalue weighted by Crippen LogP contribution is -2.43. The minimum Gasteiger partial charge on any atom is -0.486 e. The van der Waals surface area contributed by atoms with Crippen LogP contribution >= 0.6 is 0 Å². The fraction of sp³-hybridized carbons (Fsp3) is 0.526. The van der Waals surface area contributed by atoms with Gasteiger partial charge in [0.2, 0.25) is 12.3 Å². The number of carbonyl (C=O) groups excluding carboxylic acids is 3. The maximum absolute atomic E-state index is 12.3. The summed E-state index contributed by atoms with van der Waals surface area (Å²) in [6.07, 6.45) is 3.57. The molecule has 0 aliphatic carbocycles. The van der Waals surface area contributed by atoms with Gasteiger partial charge in [-0.1, -0.05) is 26.2 Å². The summed E-state index contributed by atoms with van der Waals surface area (Å²) in [7, 11) is 0. The van der Waals surface area contributed by atoms with Crippen LogP contribution in [0.2, 0.25) is 0 Å². The van der Waals surface area contributed by atoms with Gasteiger partial charge in [-0.3, -0.25) is 19.6 Å². The van der Waals surface area contributed by atoms with Crippen molar-refractivity contribution in [2.24, 2.45) is 5.92 Å². The van der Waals surface area contributed by atoms with E-state index in [9.17, 15) is 19.6 Å². The highest BCUT2D eigenvalue weighted by Crippen LogP contribution is 2.30. The first-order valence-electron chi connectivity index (χ1n) is 9.41. The molecule has 1 aliphatic heterocycles. The maximum Gasteiger partial charge on any atom is 0.252 e. The topological polar surface area (TPSA) is 117 Å². The van der Waals surface area contributed by atoms with E-state index in [1.54, 1.807) is 18.2 Å². The van der Waals surface area contributed by atoms with Gasteiger partial charge in [-0.15, -0.1) is 0 Å². The number of hydrogen-bond donors (Lipinski definition) is 3. The highest BCUT2D eigenvalue weighted by Gasteiger charge is 2.21. The summed E-state index contributed by atoms with van der Waals surface area (Å²) >= 11 is 0. The minimum absolute atomic E-state index is 0.0666. The predicted molar refractivity (Wildman–Crippen MR) is 100 cm³/mol. The summed E-state index contributed by atoms with van der Waals surface area (Å²) in [5.41, 5.74) is 0.389. The van der Waals surface area contributed by atoms with Crippen LogP contribution in [0.5, 0.6) is 11.5 Å². The number of nitrogens with one attached hydrogen (secondary N) is 2. The van der Waals surface area contributed by atoms with E-state index >= 15 is 0 Å². The zero-order chi connectivity index (χ0) is 20.4. The van der Waals surface area contributed by atoms with E-state index in [2.05, 4.69) is 10.6 Å². The molecule has 0 aromatic heterocycles. The van der Waals surface area contributed by atoms with Crippen molar-refractivity contribution >= 4 is 18.2 Å². The van der Waals surface area contributed by atoms with Crippen molar-refractivity contribution in [3.63, 3.8) is 0 Å². The van der Waals surface area contributed by atoms with E-state index in [4.69, 9.17) is 9.47 Å². The molecule has 0 radical (unpaired) electrons.